The standard InChI is InChI=1S/C17H24FNO4/c1-3-22-11-5-10-19-15(12-16(20)23-4-2)17(21)13-6-8-14(18)9-7-13/h6-9,15,19H,3-5,10-12H2,1-2H3. The molecule has 0 fully saturated rings. The fourth-order valence-corrected chi connectivity index (χ4v) is 2.05. The zero-order valence-corrected chi connectivity index (χ0v) is 13.6. The van der Waals surface area contributed by atoms with E-state index in [-0.39, 0.29) is 18.8 Å². The maximum absolute atomic E-state index is 13.0. The van der Waals surface area contributed by atoms with Gasteiger partial charge >= 0.3 is 5.97 Å². The highest BCUT2D eigenvalue weighted by molar-refractivity contribution is 6.01. The molecule has 6 heteroatoms. The van der Waals surface area contributed by atoms with Crippen molar-refractivity contribution < 1.29 is 23.5 Å². The van der Waals surface area contributed by atoms with E-state index in [1.807, 2.05) is 6.92 Å². The first-order chi connectivity index (χ1) is 11.1. The predicted octanol–water partition coefficient (Wildman–Crippen LogP) is 2.35. The number of esters is 1. The number of benzene rings is 1. The van der Waals surface area contributed by atoms with Crippen molar-refractivity contribution in [3.63, 3.8) is 0 Å². The molecule has 1 atom stereocenters. The van der Waals surface area contributed by atoms with Gasteiger partial charge in [0.25, 0.3) is 0 Å². The van der Waals surface area contributed by atoms with Crippen molar-refractivity contribution >= 4 is 11.8 Å². The molecule has 5 nitrogen and oxygen atoms in total. The fraction of sp³-hybridized carbons (Fsp3) is 0.529. The summed E-state index contributed by atoms with van der Waals surface area (Å²) in [6.07, 6.45) is 0.669. The summed E-state index contributed by atoms with van der Waals surface area (Å²) in [7, 11) is 0. The first kappa shape index (κ1) is 19.3. The van der Waals surface area contributed by atoms with E-state index in [0.717, 1.165) is 6.42 Å². The average molecular weight is 325 g/mol. The third kappa shape index (κ3) is 7.34. The molecule has 1 aromatic carbocycles. The van der Waals surface area contributed by atoms with Gasteiger partial charge in [-0.05, 0) is 51.1 Å². The van der Waals surface area contributed by atoms with E-state index in [2.05, 4.69) is 5.32 Å². The number of rotatable bonds is 11. The Bertz CT molecular complexity index is 490. The molecule has 1 N–H and O–H groups in total. The van der Waals surface area contributed by atoms with Crippen LogP contribution in [0.2, 0.25) is 0 Å². The Morgan fingerprint density at radius 2 is 1.87 bits per heavy atom. The van der Waals surface area contributed by atoms with E-state index < -0.39 is 17.8 Å². The molecule has 0 aliphatic carbocycles. The smallest absolute Gasteiger partial charge is 0.307 e. The number of carbonyl (C=O) groups is 2. The zero-order valence-electron chi connectivity index (χ0n) is 13.6. The Morgan fingerprint density at radius 1 is 1.17 bits per heavy atom. The van der Waals surface area contributed by atoms with E-state index in [9.17, 15) is 14.0 Å². The average Bonchev–Trinajstić information content (AvgIpc) is 2.54. The fourth-order valence-electron chi connectivity index (χ4n) is 2.05. The number of hydrogen-bond donors (Lipinski definition) is 1. The van der Waals surface area contributed by atoms with E-state index in [1.165, 1.54) is 24.3 Å². The molecule has 0 aromatic heterocycles. The van der Waals surface area contributed by atoms with Crippen LogP contribution in [-0.2, 0) is 14.3 Å². The van der Waals surface area contributed by atoms with Gasteiger partial charge in [-0.3, -0.25) is 9.59 Å². The lowest BCUT2D eigenvalue weighted by molar-refractivity contribution is -0.143. The largest absolute Gasteiger partial charge is 0.466 e. The van der Waals surface area contributed by atoms with Crippen molar-refractivity contribution in [3.8, 4) is 0 Å². The van der Waals surface area contributed by atoms with Crippen LogP contribution in [0, 0.1) is 5.82 Å². The summed E-state index contributed by atoms with van der Waals surface area (Å²) < 4.78 is 23.1. The van der Waals surface area contributed by atoms with Crippen molar-refractivity contribution in [2.24, 2.45) is 0 Å². The molecular weight excluding hydrogens is 301 g/mol. The summed E-state index contributed by atoms with van der Waals surface area (Å²) in [6, 6.07) is 4.59. The molecule has 0 saturated heterocycles. The Morgan fingerprint density at radius 3 is 2.48 bits per heavy atom. The zero-order chi connectivity index (χ0) is 17.1. The highest BCUT2D eigenvalue weighted by Crippen LogP contribution is 2.09. The van der Waals surface area contributed by atoms with Crippen LogP contribution < -0.4 is 5.32 Å². The second-order valence-corrected chi connectivity index (χ2v) is 4.94. The molecule has 0 bridgehead atoms. The summed E-state index contributed by atoms with van der Waals surface area (Å²) in [5.41, 5.74) is 0.359. The van der Waals surface area contributed by atoms with Crippen LogP contribution in [0.5, 0.6) is 0 Å². The number of ether oxygens (including phenoxy) is 2. The molecular formula is C17H24FNO4. The molecule has 0 aliphatic rings. The Balaban J connectivity index is 2.66. The van der Waals surface area contributed by atoms with Crippen LogP contribution in [0.1, 0.15) is 37.0 Å². The van der Waals surface area contributed by atoms with Gasteiger partial charge in [0.1, 0.15) is 5.82 Å². The Labute approximate surface area is 136 Å². The molecule has 1 rings (SSSR count). The summed E-state index contributed by atoms with van der Waals surface area (Å²) >= 11 is 0. The van der Waals surface area contributed by atoms with Gasteiger partial charge < -0.3 is 14.8 Å². The van der Waals surface area contributed by atoms with Crippen LogP contribution in [0.4, 0.5) is 4.39 Å². The minimum absolute atomic E-state index is 0.0569. The van der Waals surface area contributed by atoms with Gasteiger partial charge in [0.15, 0.2) is 5.78 Å². The topological polar surface area (TPSA) is 64.6 Å². The van der Waals surface area contributed by atoms with Gasteiger partial charge in [0, 0.05) is 18.8 Å². The number of hydrogen-bond acceptors (Lipinski definition) is 5. The van der Waals surface area contributed by atoms with E-state index >= 15 is 0 Å². The SMILES string of the molecule is CCOCCCNC(CC(=O)OCC)C(=O)c1ccc(F)cc1. The third-order valence-corrected chi connectivity index (χ3v) is 3.18. The lowest BCUT2D eigenvalue weighted by atomic mass is 10.0. The summed E-state index contributed by atoms with van der Waals surface area (Å²) in [6.45, 7) is 5.65. The van der Waals surface area contributed by atoms with Crippen molar-refractivity contribution in [3.05, 3.63) is 35.6 Å². The van der Waals surface area contributed by atoms with Crippen LogP contribution >= 0.6 is 0 Å². The summed E-state index contributed by atoms with van der Waals surface area (Å²) in [5, 5.41) is 3.06. The van der Waals surface area contributed by atoms with Crippen LogP contribution in [0.25, 0.3) is 0 Å². The Kier molecular flexibility index (Phi) is 9.09. The van der Waals surface area contributed by atoms with Crippen LogP contribution in [0.3, 0.4) is 0 Å². The molecule has 23 heavy (non-hydrogen) atoms. The monoisotopic (exact) mass is 325 g/mol. The summed E-state index contributed by atoms with van der Waals surface area (Å²) in [4.78, 5) is 24.2. The summed E-state index contributed by atoms with van der Waals surface area (Å²) in [5.74, 6) is -1.10. The van der Waals surface area contributed by atoms with Crippen molar-refractivity contribution in [2.45, 2.75) is 32.7 Å². The Hall–Kier alpha value is -1.79. The van der Waals surface area contributed by atoms with Crippen molar-refractivity contribution in [1.82, 2.24) is 5.32 Å². The van der Waals surface area contributed by atoms with Gasteiger partial charge in [-0.1, -0.05) is 0 Å². The molecule has 0 amide bonds. The number of nitrogens with one attached hydrogen (secondary N) is 1. The molecule has 0 radical (unpaired) electrons. The minimum Gasteiger partial charge on any atom is -0.466 e. The number of Topliss-reactive ketones (excluding diaryl/α,β-unsaturated/α-hetero) is 1. The van der Waals surface area contributed by atoms with Gasteiger partial charge in [-0.25, -0.2) is 4.39 Å². The molecule has 1 aromatic rings. The molecule has 1 unspecified atom stereocenters. The quantitative estimate of drug-likeness (QED) is 0.384. The van der Waals surface area contributed by atoms with E-state index in [4.69, 9.17) is 9.47 Å². The normalized spacial score (nSPS) is 12.0. The molecule has 0 saturated carbocycles. The lowest BCUT2D eigenvalue weighted by Crippen LogP contribution is -2.40. The van der Waals surface area contributed by atoms with Gasteiger partial charge in [0.2, 0.25) is 0 Å². The molecule has 0 heterocycles. The first-order valence-electron chi connectivity index (χ1n) is 7.85. The van der Waals surface area contributed by atoms with Gasteiger partial charge in [-0.2, -0.15) is 0 Å². The first-order valence-corrected chi connectivity index (χ1v) is 7.85. The van der Waals surface area contributed by atoms with E-state index in [1.54, 1.807) is 6.92 Å². The number of halogens is 1. The van der Waals surface area contributed by atoms with Crippen LogP contribution in [0.15, 0.2) is 24.3 Å². The van der Waals surface area contributed by atoms with Gasteiger partial charge in [-0.15, -0.1) is 0 Å². The van der Waals surface area contributed by atoms with Crippen LogP contribution in [-0.4, -0.2) is 44.2 Å². The maximum Gasteiger partial charge on any atom is 0.307 e. The minimum atomic E-state index is -0.693. The van der Waals surface area contributed by atoms with E-state index in [0.29, 0.717) is 25.3 Å². The second kappa shape index (κ2) is 10.9. The second-order valence-electron chi connectivity index (χ2n) is 4.94. The third-order valence-electron chi connectivity index (χ3n) is 3.18. The number of carbonyl (C=O) groups excluding carboxylic acids is 2. The molecule has 128 valence electrons. The number of ketones is 1. The highest BCUT2D eigenvalue weighted by atomic mass is 19.1. The van der Waals surface area contributed by atoms with Crippen molar-refractivity contribution in [2.75, 3.05) is 26.4 Å². The van der Waals surface area contributed by atoms with Crippen molar-refractivity contribution in [1.29, 1.82) is 0 Å². The molecule has 0 spiro atoms. The maximum atomic E-state index is 13.0. The van der Waals surface area contributed by atoms with Gasteiger partial charge in [0.05, 0.1) is 19.1 Å². The predicted molar refractivity (Wildman–Crippen MR) is 84.9 cm³/mol. The highest BCUT2D eigenvalue weighted by Gasteiger charge is 2.23. The molecule has 0 aliphatic heterocycles. The lowest BCUT2D eigenvalue weighted by Gasteiger charge is -2.17.